The van der Waals surface area contributed by atoms with E-state index in [1.807, 2.05) is 0 Å². The van der Waals surface area contributed by atoms with Gasteiger partial charge in [-0.1, -0.05) is 35.9 Å². The second-order valence-corrected chi connectivity index (χ2v) is 6.58. The van der Waals surface area contributed by atoms with Gasteiger partial charge in [0.05, 0.1) is 23.9 Å². The minimum absolute atomic E-state index is 0.214. The lowest BCUT2D eigenvalue weighted by molar-refractivity contribution is -0.123. The topological polar surface area (TPSA) is 86.2 Å². The van der Waals surface area contributed by atoms with Crippen LogP contribution in [0.1, 0.15) is 15.9 Å². The molecule has 0 aliphatic rings. The Bertz CT molecular complexity index is 1080. The lowest BCUT2D eigenvalue weighted by atomic mass is 10.2. The van der Waals surface area contributed by atoms with Crippen molar-refractivity contribution in [2.24, 2.45) is 5.10 Å². The number of nitrogens with one attached hydrogen (secondary N) is 1. The van der Waals surface area contributed by atoms with Gasteiger partial charge in [0.15, 0.2) is 18.1 Å². The van der Waals surface area contributed by atoms with Gasteiger partial charge in [0.25, 0.3) is 5.91 Å². The van der Waals surface area contributed by atoms with Gasteiger partial charge in [-0.15, -0.1) is 0 Å². The number of rotatable bonds is 8. The molecule has 8 heteroatoms. The van der Waals surface area contributed by atoms with Crippen molar-refractivity contribution >= 4 is 29.7 Å². The molecule has 0 aromatic heterocycles. The monoisotopic (exact) mass is 438 g/mol. The summed E-state index contributed by atoms with van der Waals surface area (Å²) in [7, 11) is 1.52. The SMILES string of the molecule is COc1ccccc1OCC(=O)N/N=C\c1ccc(OC(=O)c2ccccc2Cl)cc1. The molecular weight excluding hydrogens is 420 g/mol. The minimum Gasteiger partial charge on any atom is -0.493 e. The molecule has 0 saturated heterocycles. The molecule has 0 saturated carbocycles. The van der Waals surface area contributed by atoms with Crippen LogP contribution in [0.5, 0.6) is 17.2 Å². The number of ether oxygens (including phenoxy) is 3. The summed E-state index contributed by atoms with van der Waals surface area (Å²) in [5, 5.41) is 4.21. The van der Waals surface area contributed by atoms with E-state index in [0.29, 0.717) is 27.8 Å². The lowest BCUT2D eigenvalue weighted by Crippen LogP contribution is -2.24. The number of hydrazone groups is 1. The molecule has 1 N–H and O–H groups in total. The fourth-order valence-corrected chi connectivity index (χ4v) is 2.72. The van der Waals surface area contributed by atoms with Gasteiger partial charge in [0.1, 0.15) is 5.75 Å². The number of carbonyl (C=O) groups is 2. The van der Waals surface area contributed by atoms with E-state index in [2.05, 4.69) is 10.5 Å². The number of hydrogen-bond acceptors (Lipinski definition) is 6. The van der Waals surface area contributed by atoms with E-state index in [4.69, 9.17) is 25.8 Å². The normalized spacial score (nSPS) is 10.5. The Labute approximate surface area is 184 Å². The predicted molar refractivity (Wildman–Crippen MR) is 117 cm³/mol. The number of methoxy groups -OCH3 is 1. The number of halogens is 1. The maximum absolute atomic E-state index is 12.2. The summed E-state index contributed by atoms with van der Waals surface area (Å²) in [6.07, 6.45) is 1.46. The summed E-state index contributed by atoms with van der Waals surface area (Å²) in [4.78, 5) is 24.1. The second kappa shape index (κ2) is 10.8. The molecular formula is C23H19ClN2O5. The molecule has 1 amide bonds. The summed E-state index contributed by atoms with van der Waals surface area (Å²) < 4.78 is 15.9. The Hall–Kier alpha value is -3.84. The van der Waals surface area contributed by atoms with Crippen molar-refractivity contribution in [3.63, 3.8) is 0 Å². The third-order valence-corrected chi connectivity index (χ3v) is 4.34. The van der Waals surface area contributed by atoms with Gasteiger partial charge in [-0.25, -0.2) is 10.2 Å². The highest BCUT2D eigenvalue weighted by Crippen LogP contribution is 2.25. The quantitative estimate of drug-likeness (QED) is 0.248. The van der Waals surface area contributed by atoms with Crippen LogP contribution in [0.25, 0.3) is 0 Å². The third-order valence-electron chi connectivity index (χ3n) is 4.02. The fourth-order valence-electron chi connectivity index (χ4n) is 2.50. The van der Waals surface area contributed by atoms with Gasteiger partial charge in [0.2, 0.25) is 0 Å². The summed E-state index contributed by atoms with van der Waals surface area (Å²) in [5.41, 5.74) is 3.36. The molecule has 3 aromatic rings. The van der Waals surface area contributed by atoms with E-state index in [-0.39, 0.29) is 12.2 Å². The second-order valence-electron chi connectivity index (χ2n) is 6.17. The first-order valence-electron chi connectivity index (χ1n) is 9.21. The molecule has 0 radical (unpaired) electrons. The molecule has 0 aliphatic carbocycles. The van der Waals surface area contributed by atoms with E-state index in [0.717, 1.165) is 0 Å². The van der Waals surface area contributed by atoms with Crippen LogP contribution >= 0.6 is 11.6 Å². The molecule has 3 aromatic carbocycles. The van der Waals surface area contributed by atoms with Crippen molar-refractivity contribution in [2.45, 2.75) is 0 Å². The number of nitrogens with zero attached hydrogens (tertiary/aromatic N) is 1. The molecule has 158 valence electrons. The zero-order valence-corrected chi connectivity index (χ0v) is 17.3. The lowest BCUT2D eigenvalue weighted by Gasteiger charge is -2.09. The highest BCUT2D eigenvalue weighted by Gasteiger charge is 2.12. The van der Waals surface area contributed by atoms with Gasteiger partial charge in [0, 0.05) is 0 Å². The van der Waals surface area contributed by atoms with Gasteiger partial charge >= 0.3 is 5.97 Å². The van der Waals surface area contributed by atoms with E-state index in [1.54, 1.807) is 72.8 Å². The van der Waals surface area contributed by atoms with Crippen LogP contribution in [0.4, 0.5) is 0 Å². The smallest absolute Gasteiger partial charge is 0.345 e. The summed E-state index contributed by atoms with van der Waals surface area (Å²) in [6.45, 7) is -0.214. The first-order chi connectivity index (χ1) is 15.1. The molecule has 0 aliphatic heterocycles. The van der Waals surface area contributed by atoms with E-state index < -0.39 is 11.9 Å². The average Bonchev–Trinajstić information content (AvgIpc) is 2.79. The molecule has 0 spiro atoms. The third kappa shape index (κ3) is 6.32. The number of amides is 1. The molecule has 0 bridgehead atoms. The van der Waals surface area contributed by atoms with Gasteiger partial charge < -0.3 is 14.2 Å². The van der Waals surface area contributed by atoms with Crippen molar-refractivity contribution in [1.29, 1.82) is 0 Å². The maximum atomic E-state index is 12.2. The van der Waals surface area contributed by atoms with Crippen LogP contribution in [0.3, 0.4) is 0 Å². The number of para-hydroxylation sites is 2. The van der Waals surface area contributed by atoms with Crippen molar-refractivity contribution in [3.8, 4) is 17.2 Å². The van der Waals surface area contributed by atoms with Crippen LogP contribution in [0.15, 0.2) is 77.9 Å². The summed E-state index contributed by atoms with van der Waals surface area (Å²) >= 11 is 6.00. The van der Waals surface area contributed by atoms with E-state index >= 15 is 0 Å². The van der Waals surface area contributed by atoms with Crippen molar-refractivity contribution in [2.75, 3.05) is 13.7 Å². The molecule has 7 nitrogen and oxygen atoms in total. The van der Waals surface area contributed by atoms with Crippen LogP contribution in [0, 0.1) is 0 Å². The van der Waals surface area contributed by atoms with Crippen molar-refractivity contribution < 1.29 is 23.8 Å². The fraction of sp³-hybridized carbons (Fsp3) is 0.0870. The Balaban J connectivity index is 1.48. The van der Waals surface area contributed by atoms with Crippen LogP contribution in [-0.4, -0.2) is 31.8 Å². The largest absolute Gasteiger partial charge is 0.493 e. The molecule has 0 fully saturated rings. The first kappa shape index (κ1) is 21.9. The molecule has 3 rings (SSSR count). The summed E-state index contributed by atoms with van der Waals surface area (Å²) in [5.74, 6) is 0.387. The van der Waals surface area contributed by atoms with Crippen LogP contribution in [0.2, 0.25) is 5.02 Å². The van der Waals surface area contributed by atoms with Gasteiger partial charge in [-0.3, -0.25) is 4.79 Å². The zero-order chi connectivity index (χ0) is 22.1. The van der Waals surface area contributed by atoms with Crippen molar-refractivity contribution in [1.82, 2.24) is 5.43 Å². The van der Waals surface area contributed by atoms with Crippen molar-refractivity contribution in [3.05, 3.63) is 88.9 Å². The molecule has 31 heavy (non-hydrogen) atoms. The number of benzene rings is 3. The minimum atomic E-state index is -0.547. The highest BCUT2D eigenvalue weighted by molar-refractivity contribution is 6.33. The maximum Gasteiger partial charge on any atom is 0.345 e. The number of esters is 1. The van der Waals surface area contributed by atoms with Gasteiger partial charge in [-0.2, -0.15) is 5.10 Å². The predicted octanol–water partition coefficient (Wildman–Crippen LogP) is 4.10. The molecule has 0 unspecified atom stereocenters. The molecule has 0 heterocycles. The Morgan fingerprint density at radius 2 is 1.65 bits per heavy atom. The first-order valence-corrected chi connectivity index (χ1v) is 9.59. The number of hydrogen-bond donors (Lipinski definition) is 1. The number of carbonyl (C=O) groups excluding carboxylic acids is 2. The summed E-state index contributed by atoms with van der Waals surface area (Å²) in [6, 6.07) is 20.3. The Morgan fingerprint density at radius 1 is 0.968 bits per heavy atom. The molecule has 0 atom stereocenters. The van der Waals surface area contributed by atoms with Crippen LogP contribution < -0.4 is 19.6 Å². The zero-order valence-electron chi connectivity index (χ0n) is 16.6. The standard InChI is InChI=1S/C23H19ClN2O5/c1-29-20-8-4-5-9-21(20)30-15-22(27)26-25-14-16-10-12-17(13-11-16)31-23(28)18-6-2-3-7-19(18)24/h2-14H,15H2,1H3,(H,26,27)/b25-14-. The van der Waals surface area contributed by atoms with Gasteiger partial charge in [-0.05, 0) is 54.1 Å². The van der Waals surface area contributed by atoms with E-state index in [1.165, 1.54) is 13.3 Å². The van der Waals surface area contributed by atoms with Crippen LogP contribution in [-0.2, 0) is 4.79 Å². The highest BCUT2D eigenvalue weighted by atomic mass is 35.5. The van der Waals surface area contributed by atoms with E-state index in [9.17, 15) is 9.59 Å². The Kier molecular flexibility index (Phi) is 7.61. The Morgan fingerprint density at radius 3 is 2.35 bits per heavy atom. The average molecular weight is 439 g/mol.